The fourth-order valence-electron chi connectivity index (χ4n) is 2.02. The van der Waals surface area contributed by atoms with Crippen LogP contribution in [-0.4, -0.2) is 22.6 Å². The van der Waals surface area contributed by atoms with Crippen molar-refractivity contribution in [2.45, 2.75) is 32.4 Å². The second kappa shape index (κ2) is 5.47. The van der Waals surface area contributed by atoms with E-state index in [0.717, 1.165) is 5.52 Å². The quantitative estimate of drug-likeness (QED) is 0.895. The molecule has 0 saturated heterocycles. The minimum Gasteiger partial charge on any atom is -0.548 e. The standard InChI is InChI=1S/C15H18N2O4/c1-15(2,3)21-14(20)17-12(13(18)19)10-8-16-11-7-5-4-6-9(10)11/h4-8,12,16H,1-3H3,(H,17,20)(H,18,19)/p-1/t12-/m1/s1. The van der Waals surface area contributed by atoms with Crippen LogP contribution in [0, 0.1) is 0 Å². The highest BCUT2D eigenvalue weighted by Crippen LogP contribution is 2.24. The van der Waals surface area contributed by atoms with Crippen molar-refractivity contribution in [3.8, 4) is 0 Å². The van der Waals surface area contributed by atoms with Gasteiger partial charge in [0.2, 0.25) is 0 Å². The molecule has 0 saturated carbocycles. The Hall–Kier alpha value is -2.50. The van der Waals surface area contributed by atoms with Crippen LogP contribution in [0.15, 0.2) is 30.5 Å². The largest absolute Gasteiger partial charge is 0.548 e. The van der Waals surface area contributed by atoms with Crippen LogP contribution in [0.5, 0.6) is 0 Å². The molecule has 6 nitrogen and oxygen atoms in total. The molecule has 21 heavy (non-hydrogen) atoms. The Morgan fingerprint density at radius 2 is 1.95 bits per heavy atom. The van der Waals surface area contributed by atoms with E-state index in [4.69, 9.17) is 4.74 Å². The SMILES string of the molecule is CC(C)(C)OC(=O)N[C@@H](C(=O)[O-])c1c[nH]c2ccccc12. The number of aliphatic carboxylic acids is 1. The zero-order chi connectivity index (χ0) is 15.6. The second-order valence-electron chi connectivity index (χ2n) is 5.69. The van der Waals surface area contributed by atoms with Crippen LogP contribution in [0.4, 0.5) is 4.79 Å². The zero-order valence-electron chi connectivity index (χ0n) is 12.1. The molecule has 1 amide bonds. The summed E-state index contributed by atoms with van der Waals surface area (Å²) in [4.78, 5) is 26.1. The maximum atomic E-state index is 11.8. The predicted octanol–water partition coefficient (Wildman–Crippen LogP) is 1.48. The summed E-state index contributed by atoms with van der Waals surface area (Å²) in [6, 6.07) is 5.93. The zero-order valence-corrected chi connectivity index (χ0v) is 12.1. The molecular weight excluding hydrogens is 272 g/mol. The van der Waals surface area contributed by atoms with Crippen molar-refractivity contribution in [1.29, 1.82) is 0 Å². The number of ether oxygens (including phenoxy) is 1. The summed E-state index contributed by atoms with van der Waals surface area (Å²) in [7, 11) is 0. The number of H-pyrrole nitrogens is 1. The molecule has 0 spiro atoms. The minimum absolute atomic E-state index is 0.427. The Balaban J connectivity index is 2.28. The lowest BCUT2D eigenvalue weighted by Gasteiger charge is -2.24. The first-order valence-corrected chi connectivity index (χ1v) is 6.54. The Kier molecular flexibility index (Phi) is 3.88. The summed E-state index contributed by atoms with van der Waals surface area (Å²) in [5.74, 6) is -1.40. The highest BCUT2D eigenvalue weighted by atomic mass is 16.6. The maximum absolute atomic E-state index is 11.8. The summed E-state index contributed by atoms with van der Waals surface area (Å²) >= 11 is 0. The average Bonchev–Trinajstić information content (AvgIpc) is 2.77. The Morgan fingerprint density at radius 3 is 2.57 bits per heavy atom. The Morgan fingerprint density at radius 1 is 1.29 bits per heavy atom. The summed E-state index contributed by atoms with van der Waals surface area (Å²) in [5, 5.41) is 14.4. The van der Waals surface area contributed by atoms with E-state index in [1.807, 2.05) is 12.1 Å². The number of hydrogen-bond donors (Lipinski definition) is 2. The molecule has 2 aromatic rings. The van der Waals surface area contributed by atoms with Gasteiger partial charge in [-0.25, -0.2) is 4.79 Å². The summed E-state index contributed by atoms with van der Waals surface area (Å²) in [6.45, 7) is 5.10. The van der Waals surface area contributed by atoms with Crippen molar-refractivity contribution < 1.29 is 19.4 Å². The first kappa shape index (κ1) is 14.9. The lowest BCUT2D eigenvalue weighted by Crippen LogP contribution is -2.43. The number of rotatable bonds is 3. The van der Waals surface area contributed by atoms with Crippen LogP contribution in [-0.2, 0) is 9.53 Å². The molecule has 1 heterocycles. The third kappa shape index (κ3) is 3.53. The highest BCUT2D eigenvalue weighted by Gasteiger charge is 2.23. The Labute approximate surface area is 122 Å². The van der Waals surface area contributed by atoms with Crippen LogP contribution >= 0.6 is 0 Å². The number of hydrogen-bond acceptors (Lipinski definition) is 4. The van der Waals surface area contributed by atoms with Gasteiger partial charge in [0.25, 0.3) is 0 Å². The van der Waals surface area contributed by atoms with Gasteiger partial charge in [0, 0.05) is 22.7 Å². The number of carboxylic acid groups (broad SMARTS) is 1. The molecule has 0 unspecified atom stereocenters. The van der Waals surface area contributed by atoms with E-state index in [1.165, 1.54) is 0 Å². The van der Waals surface area contributed by atoms with Gasteiger partial charge in [0.05, 0.1) is 12.0 Å². The molecular formula is C15H17N2O4-. The molecule has 1 aromatic carbocycles. The molecule has 1 atom stereocenters. The summed E-state index contributed by atoms with van der Waals surface area (Å²) in [5.41, 5.74) is 0.502. The van der Waals surface area contributed by atoms with Crippen LogP contribution in [0.2, 0.25) is 0 Å². The maximum Gasteiger partial charge on any atom is 0.408 e. The lowest BCUT2D eigenvalue weighted by molar-refractivity contribution is -0.308. The molecule has 6 heteroatoms. The molecule has 2 N–H and O–H groups in total. The number of aromatic amines is 1. The number of alkyl carbamates (subject to hydrolysis) is 1. The number of nitrogens with one attached hydrogen (secondary N) is 2. The van der Waals surface area contributed by atoms with Gasteiger partial charge in [-0.1, -0.05) is 18.2 Å². The second-order valence-corrected chi connectivity index (χ2v) is 5.69. The molecule has 0 fully saturated rings. The van der Waals surface area contributed by atoms with E-state index in [1.54, 1.807) is 39.1 Å². The number of carbonyl (C=O) groups is 2. The lowest BCUT2D eigenvalue weighted by atomic mass is 10.1. The van der Waals surface area contributed by atoms with Crippen molar-refractivity contribution in [3.05, 3.63) is 36.0 Å². The van der Waals surface area contributed by atoms with Crippen LogP contribution in [0.3, 0.4) is 0 Å². The third-order valence-electron chi connectivity index (χ3n) is 2.83. The van der Waals surface area contributed by atoms with E-state index in [2.05, 4.69) is 10.3 Å². The average molecular weight is 289 g/mol. The van der Waals surface area contributed by atoms with E-state index in [-0.39, 0.29) is 0 Å². The van der Waals surface area contributed by atoms with Crippen LogP contribution in [0.1, 0.15) is 32.4 Å². The van der Waals surface area contributed by atoms with E-state index in [9.17, 15) is 14.7 Å². The number of carbonyl (C=O) groups excluding carboxylic acids is 2. The van der Waals surface area contributed by atoms with Crippen molar-refractivity contribution >= 4 is 23.0 Å². The van der Waals surface area contributed by atoms with Crippen molar-refractivity contribution in [2.24, 2.45) is 0 Å². The van der Waals surface area contributed by atoms with E-state index in [0.29, 0.717) is 10.9 Å². The monoisotopic (exact) mass is 289 g/mol. The molecule has 112 valence electrons. The van der Waals surface area contributed by atoms with E-state index < -0.39 is 23.7 Å². The number of benzene rings is 1. The topological polar surface area (TPSA) is 94.2 Å². The Bertz CT molecular complexity index is 670. The van der Waals surface area contributed by atoms with Crippen molar-refractivity contribution in [1.82, 2.24) is 10.3 Å². The minimum atomic E-state index is -1.40. The van der Waals surface area contributed by atoms with Crippen molar-refractivity contribution in [3.63, 3.8) is 0 Å². The van der Waals surface area contributed by atoms with Gasteiger partial charge < -0.3 is 24.9 Å². The van der Waals surface area contributed by atoms with E-state index >= 15 is 0 Å². The van der Waals surface area contributed by atoms with Gasteiger partial charge in [0.15, 0.2) is 0 Å². The summed E-state index contributed by atoms with van der Waals surface area (Å²) < 4.78 is 5.08. The first-order valence-electron chi connectivity index (χ1n) is 6.54. The smallest absolute Gasteiger partial charge is 0.408 e. The molecule has 1 aromatic heterocycles. The van der Waals surface area contributed by atoms with Gasteiger partial charge in [-0.3, -0.25) is 0 Å². The first-order chi connectivity index (χ1) is 9.78. The number of fused-ring (bicyclic) bond motifs is 1. The third-order valence-corrected chi connectivity index (χ3v) is 2.83. The number of amides is 1. The van der Waals surface area contributed by atoms with Gasteiger partial charge in [0.1, 0.15) is 5.60 Å². The number of aromatic nitrogens is 1. The molecule has 2 rings (SSSR count). The molecule has 0 radical (unpaired) electrons. The molecule has 0 bridgehead atoms. The van der Waals surface area contributed by atoms with Crippen LogP contribution < -0.4 is 10.4 Å². The normalized spacial score (nSPS) is 12.9. The van der Waals surface area contributed by atoms with Gasteiger partial charge >= 0.3 is 6.09 Å². The summed E-state index contributed by atoms with van der Waals surface area (Å²) in [6.07, 6.45) is 0.740. The van der Waals surface area contributed by atoms with Gasteiger partial charge in [-0.05, 0) is 26.8 Å². The predicted molar refractivity (Wildman–Crippen MR) is 75.4 cm³/mol. The molecule has 0 aliphatic rings. The fraction of sp³-hybridized carbons (Fsp3) is 0.333. The molecule has 0 aliphatic carbocycles. The number of carboxylic acids is 1. The van der Waals surface area contributed by atoms with Crippen LogP contribution in [0.25, 0.3) is 10.9 Å². The highest BCUT2D eigenvalue weighted by molar-refractivity contribution is 5.90. The van der Waals surface area contributed by atoms with Crippen molar-refractivity contribution in [2.75, 3.05) is 0 Å². The van der Waals surface area contributed by atoms with Gasteiger partial charge in [-0.2, -0.15) is 0 Å². The number of para-hydroxylation sites is 1. The van der Waals surface area contributed by atoms with Gasteiger partial charge in [-0.15, -0.1) is 0 Å². The fourth-order valence-corrected chi connectivity index (χ4v) is 2.02. The molecule has 0 aliphatic heterocycles.